The monoisotopic (exact) mass is 469 g/mol. The van der Waals surface area contributed by atoms with Crippen LogP contribution < -0.4 is 33.0 Å². The maximum atomic E-state index is 13.2. The molecule has 2 unspecified atom stereocenters. The minimum Gasteiger partial charge on any atom is -0.483 e. The predicted octanol–water partition coefficient (Wildman–Crippen LogP) is 0.720. The van der Waals surface area contributed by atoms with Crippen molar-refractivity contribution in [3.63, 3.8) is 0 Å². The van der Waals surface area contributed by atoms with E-state index in [1.165, 1.54) is 40.7 Å². The quantitative estimate of drug-likeness (QED) is 0.236. The second-order valence-electron chi connectivity index (χ2n) is 7.49. The van der Waals surface area contributed by atoms with E-state index in [2.05, 4.69) is 26.0 Å². The van der Waals surface area contributed by atoms with Gasteiger partial charge in [0.2, 0.25) is 0 Å². The molecule has 3 heterocycles. The van der Waals surface area contributed by atoms with Crippen molar-refractivity contribution in [2.45, 2.75) is 18.6 Å². The number of carbonyl (C=O) groups is 1. The first-order valence-corrected chi connectivity index (χ1v) is 10.3. The van der Waals surface area contributed by atoms with Crippen molar-refractivity contribution >= 4 is 34.7 Å². The summed E-state index contributed by atoms with van der Waals surface area (Å²) in [6.45, 7) is 0. The van der Waals surface area contributed by atoms with E-state index in [4.69, 9.17) is 16.2 Å². The van der Waals surface area contributed by atoms with Crippen LogP contribution in [0.4, 0.5) is 21.7 Å². The van der Waals surface area contributed by atoms with E-state index in [-0.39, 0.29) is 34.4 Å². The number of hydrogen-bond donors (Lipinski definition) is 5. The number of amides is 1. The average molecular weight is 469 g/mol. The zero-order chi connectivity index (χ0) is 24.4. The van der Waals surface area contributed by atoms with Gasteiger partial charge in [-0.2, -0.15) is 9.61 Å². The van der Waals surface area contributed by atoms with E-state index in [0.717, 1.165) is 0 Å². The summed E-state index contributed by atoms with van der Waals surface area (Å²) >= 11 is 0. The third-order valence-electron chi connectivity index (χ3n) is 5.14. The molecule has 7 N–H and O–H groups in total. The molecular formula is C21H24FN9O3. The van der Waals surface area contributed by atoms with Gasteiger partial charge in [0.05, 0.1) is 19.3 Å². The molecule has 34 heavy (non-hydrogen) atoms. The van der Waals surface area contributed by atoms with Crippen LogP contribution in [-0.2, 0) is 4.74 Å². The van der Waals surface area contributed by atoms with Gasteiger partial charge in [0.1, 0.15) is 34.9 Å². The molecule has 3 aromatic rings. The lowest BCUT2D eigenvalue weighted by Crippen LogP contribution is -2.27. The summed E-state index contributed by atoms with van der Waals surface area (Å²) in [6, 6.07) is 4.32. The SMILES string of the molecule is CNc1cc(Nc2cccn(/C(N)=C/C=C(\N)OC)c2=O)nc2c(C(=O)NC3CC3F)cnn12. The van der Waals surface area contributed by atoms with Gasteiger partial charge in [-0.05, 0) is 18.2 Å². The number of nitrogens with one attached hydrogen (secondary N) is 3. The molecule has 1 aliphatic carbocycles. The molecule has 3 aromatic heterocycles. The van der Waals surface area contributed by atoms with Crippen LogP contribution in [0.3, 0.4) is 0 Å². The first-order valence-electron chi connectivity index (χ1n) is 10.3. The molecule has 0 spiro atoms. The molecule has 0 bridgehead atoms. The van der Waals surface area contributed by atoms with Gasteiger partial charge in [-0.15, -0.1) is 0 Å². The molecule has 4 rings (SSSR count). The standard InChI is InChI=1S/C21H24FN9O3/c1-25-18-9-17(29-19-11(10-26-31(18)19)20(32)28-14-8-12(14)22)27-13-4-3-7-30(21(13)33)15(23)5-6-16(24)34-2/h3-7,9-10,12,14,25H,8,23-24H2,1-2H3,(H,27,29)(H,28,32)/b15-5+,16-6+. The summed E-state index contributed by atoms with van der Waals surface area (Å²) in [5.74, 6) is 0.565. The number of halogens is 1. The largest absolute Gasteiger partial charge is 0.483 e. The average Bonchev–Trinajstić information content (AvgIpc) is 3.34. The number of fused-ring (bicyclic) bond motifs is 1. The van der Waals surface area contributed by atoms with Crippen LogP contribution in [0, 0.1) is 0 Å². The summed E-state index contributed by atoms with van der Waals surface area (Å²) in [5, 5.41) is 12.7. The number of aromatic nitrogens is 4. The summed E-state index contributed by atoms with van der Waals surface area (Å²) in [7, 11) is 3.09. The molecule has 1 fully saturated rings. The lowest BCUT2D eigenvalue weighted by atomic mass is 10.3. The summed E-state index contributed by atoms with van der Waals surface area (Å²) in [6.07, 6.45) is 4.98. The first kappa shape index (κ1) is 22.6. The zero-order valence-electron chi connectivity index (χ0n) is 18.4. The van der Waals surface area contributed by atoms with Crippen LogP contribution in [-0.4, -0.2) is 51.4 Å². The van der Waals surface area contributed by atoms with Crippen molar-refractivity contribution in [1.29, 1.82) is 0 Å². The van der Waals surface area contributed by atoms with Crippen molar-refractivity contribution in [2.75, 3.05) is 24.8 Å². The van der Waals surface area contributed by atoms with E-state index in [0.29, 0.717) is 12.2 Å². The molecule has 0 radical (unpaired) electrons. The first-order chi connectivity index (χ1) is 16.3. The second kappa shape index (κ2) is 9.13. The highest BCUT2D eigenvalue weighted by molar-refractivity contribution is 6.00. The van der Waals surface area contributed by atoms with Gasteiger partial charge in [0.15, 0.2) is 11.5 Å². The Labute approximate surface area is 193 Å². The predicted molar refractivity (Wildman–Crippen MR) is 125 cm³/mol. The molecular weight excluding hydrogens is 445 g/mol. The van der Waals surface area contributed by atoms with E-state index >= 15 is 0 Å². The van der Waals surface area contributed by atoms with Gasteiger partial charge < -0.3 is 32.2 Å². The fourth-order valence-electron chi connectivity index (χ4n) is 3.17. The Kier molecular flexibility index (Phi) is 6.08. The van der Waals surface area contributed by atoms with Crippen LogP contribution >= 0.6 is 0 Å². The molecule has 0 saturated heterocycles. The third kappa shape index (κ3) is 4.48. The van der Waals surface area contributed by atoms with Crippen LogP contribution in [0.5, 0.6) is 0 Å². The highest BCUT2D eigenvalue weighted by atomic mass is 19.1. The van der Waals surface area contributed by atoms with Crippen LogP contribution in [0.1, 0.15) is 16.8 Å². The number of ether oxygens (including phenoxy) is 1. The van der Waals surface area contributed by atoms with Crippen molar-refractivity contribution in [1.82, 2.24) is 24.5 Å². The summed E-state index contributed by atoms with van der Waals surface area (Å²) in [5.41, 5.74) is 11.7. The number of hydrogen-bond acceptors (Lipinski definition) is 9. The topological polar surface area (TPSA) is 167 Å². The van der Waals surface area contributed by atoms with Crippen molar-refractivity contribution in [3.8, 4) is 0 Å². The van der Waals surface area contributed by atoms with Gasteiger partial charge in [0, 0.05) is 31.8 Å². The van der Waals surface area contributed by atoms with Crippen molar-refractivity contribution in [3.05, 3.63) is 64.5 Å². The lowest BCUT2D eigenvalue weighted by molar-refractivity contribution is 0.0949. The molecule has 0 aromatic carbocycles. The van der Waals surface area contributed by atoms with Crippen LogP contribution in [0.2, 0.25) is 0 Å². The Morgan fingerprint density at radius 2 is 2.12 bits per heavy atom. The Morgan fingerprint density at radius 1 is 1.35 bits per heavy atom. The van der Waals surface area contributed by atoms with E-state index in [1.807, 2.05) is 0 Å². The number of nitrogens with zero attached hydrogens (tertiary/aromatic N) is 4. The van der Waals surface area contributed by atoms with Gasteiger partial charge in [-0.3, -0.25) is 14.2 Å². The minimum atomic E-state index is -1.04. The Hall–Kier alpha value is -4.55. The number of methoxy groups -OCH3 is 1. The van der Waals surface area contributed by atoms with Gasteiger partial charge >= 0.3 is 0 Å². The molecule has 1 amide bonds. The molecule has 12 nitrogen and oxygen atoms in total. The molecule has 0 aliphatic heterocycles. The number of pyridine rings is 1. The Balaban J connectivity index is 1.68. The zero-order valence-corrected chi connectivity index (χ0v) is 18.4. The number of carbonyl (C=O) groups excluding carboxylic acids is 1. The molecule has 13 heteroatoms. The number of rotatable bonds is 8. The maximum Gasteiger partial charge on any atom is 0.279 e. The normalized spacial score (nSPS) is 18.0. The van der Waals surface area contributed by atoms with Crippen LogP contribution in [0.15, 0.2) is 53.4 Å². The second-order valence-corrected chi connectivity index (χ2v) is 7.49. The number of alkyl halides is 1. The van der Waals surface area contributed by atoms with Crippen molar-refractivity contribution in [2.24, 2.45) is 11.5 Å². The number of allylic oxidation sites excluding steroid dienone is 2. The minimum absolute atomic E-state index is 0.119. The van der Waals surface area contributed by atoms with Crippen LogP contribution in [0.25, 0.3) is 11.5 Å². The number of nitrogens with two attached hydrogens (primary N) is 2. The smallest absolute Gasteiger partial charge is 0.279 e. The van der Waals surface area contributed by atoms with E-state index in [1.54, 1.807) is 25.2 Å². The fraction of sp³-hybridized carbons (Fsp3) is 0.238. The maximum absolute atomic E-state index is 13.2. The molecule has 1 saturated carbocycles. The fourth-order valence-corrected chi connectivity index (χ4v) is 3.17. The summed E-state index contributed by atoms with van der Waals surface area (Å²) < 4.78 is 20.7. The van der Waals surface area contributed by atoms with E-state index < -0.39 is 23.7 Å². The molecule has 1 aliphatic rings. The third-order valence-corrected chi connectivity index (χ3v) is 5.14. The highest BCUT2D eigenvalue weighted by Crippen LogP contribution is 2.26. The number of anilines is 3. The van der Waals surface area contributed by atoms with Crippen molar-refractivity contribution < 1.29 is 13.9 Å². The Bertz CT molecular complexity index is 1360. The summed E-state index contributed by atoms with van der Waals surface area (Å²) in [4.78, 5) is 30.0. The van der Waals surface area contributed by atoms with Gasteiger partial charge in [-0.1, -0.05) is 0 Å². The van der Waals surface area contributed by atoms with E-state index in [9.17, 15) is 14.0 Å². The Morgan fingerprint density at radius 3 is 2.79 bits per heavy atom. The lowest BCUT2D eigenvalue weighted by Gasteiger charge is -2.12. The molecule has 2 atom stereocenters. The van der Waals surface area contributed by atoms with Gasteiger partial charge in [0.25, 0.3) is 11.5 Å². The highest BCUT2D eigenvalue weighted by Gasteiger charge is 2.39. The van der Waals surface area contributed by atoms with Gasteiger partial charge in [-0.25, -0.2) is 9.37 Å². The molecule has 178 valence electrons.